The minimum atomic E-state index is -3.67. The van der Waals surface area contributed by atoms with E-state index in [1.165, 1.54) is 6.08 Å². The average Bonchev–Trinajstić information content (AvgIpc) is 3.28. The van der Waals surface area contributed by atoms with E-state index >= 15 is 0 Å². The van der Waals surface area contributed by atoms with Crippen LogP contribution in [0.1, 0.15) is 13.8 Å². The topological polar surface area (TPSA) is 155 Å². The van der Waals surface area contributed by atoms with Crippen molar-refractivity contribution in [3.05, 3.63) is 60.4 Å². The number of ether oxygens (including phenoxy) is 1. The van der Waals surface area contributed by atoms with Crippen LogP contribution >= 0.6 is 11.6 Å². The molecule has 45 heavy (non-hydrogen) atoms. The van der Waals surface area contributed by atoms with Crippen molar-refractivity contribution in [1.82, 2.24) is 24.4 Å². The number of amides is 1. The molecule has 0 spiro atoms. The van der Waals surface area contributed by atoms with Gasteiger partial charge in [0.05, 0.1) is 35.0 Å². The maximum Gasteiger partial charge on any atom is 0.261 e. The molecule has 1 amide bonds. The van der Waals surface area contributed by atoms with Crippen LogP contribution in [0.5, 0.6) is 5.88 Å². The van der Waals surface area contributed by atoms with E-state index in [9.17, 15) is 13.2 Å². The van der Waals surface area contributed by atoms with Gasteiger partial charge in [0.1, 0.15) is 5.69 Å². The molecular weight excluding hydrogens is 620 g/mol. The van der Waals surface area contributed by atoms with Gasteiger partial charge in [-0.15, -0.1) is 0 Å². The normalized spacial score (nSPS) is 11.3. The summed E-state index contributed by atoms with van der Waals surface area (Å²) in [6, 6.07) is 9.83. The third-order valence-corrected chi connectivity index (χ3v) is 6.42. The number of aromatic nitrogens is 4. The lowest BCUT2D eigenvalue weighted by atomic mass is 10.1. The highest BCUT2D eigenvalue weighted by molar-refractivity contribution is 7.85. The third kappa shape index (κ3) is 10.1. The fourth-order valence-corrected chi connectivity index (χ4v) is 4.37. The smallest absolute Gasteiger partial charge is 0.261 e. The maximum atomic E-state index is 12.3. The maximum absolute atomic E-state index is 12.3. The highest BCUT2D eigenvalue weighted by Gasteiger charge is 2.20. The van der Waals surface area contributed by atoms with Crippen molar-refractivity contribution in [2.24, 2.45) is 7.05 Å². The Morgan fingerprint density at radius 2 is 1.84 bits per heavy atom. The average molecular weight is 659 g/mol. The Morgan fingerprint density at radius 3 is 2.47 bits per heavy atom. The molecule has 3 heterocycles. The number of likely N-dealkylation sites (N-methyl/N-ethyl adjacent to an activating group) is 2. The number of para-hydroxylation sites is 1. The minimum Gasteiger partial charge on any atom is -0.473 e. The van der Waals surface area contributed by atoms with E-state index < -0.39 is 10.1 Å². The fraction of sp³-hybridized carbons (Fsp3) is 0.333. The molecule has 0 saturated carbocycles. The number of nitrogens with zero attached hydrogens (tertiary/aromatic N) is 6. The lowest BCUT2D eigenvalue weighted by Crippen LogP contribution is -2.30. The zero-order chi connectivity index (χ0) is 33.5. The molecule has 0 aliphatic carbocycles. The first-order valence-corrected chi connectivity index (χ1v) is 16.1. The summed E-state index contributed by atoms with van der Waals surface area (Å²) in [5.74, 6) is 0.862. The molecule has 0 unspecified atom stereocenters. The molecule has 242 valence electrons. The number of nitrogens with one attached hydrogen (secondary N) is 2. The molecule has 1 aromatic carbocycles. The lowest BCUT2D eigenvalue weighted by molar-refractivity contribution is -0.111. The molecule has 0 fully saturated rings. The van der Waals surface area contributed by atoms with E-state index in [-0.39, 0.29) is 12.0 Å². The molecule has 0 bridgehead atoms. The molecule has 0 radical (unpaired) electrons. The van der Waals surface area contributed by atoms with Gasteiger partial charge in [-0.2, -0.15) is 13.4 Å². The molecule has 0 aliphatic heterocycles. The standard InChI is InChI=1S/C29H35ClN8O2.CH4O3S/c1-8-25(39)32-22-15-23(28(40-18(2)3)35-27(22)37(6)14-13-36(4)5)33-29-31-16-21(30)26(34-29)20-17-38(7)24-12-10-9-11-19(20)24;1-5(2,3)4/h8-12,15-18H,1,13-14H2,2-7H3,(H,32,39)(H,31,33,34);1H3,(H,2,3,4). The number of carbonyl (C=O) groups is 1. The number of hydrogen-bond donors (Lipinski definition) is 3. The molecule has 3 aromatic heterocycles. The van der Waals surface area contributed by atoms with Crippen LogP contribution in [0.15, 0.2) is 55.4 Å². The molecular formula is C30H39ClN8O5S. The Kier molecular flexibility index (Phi) is 11.9. The zero-order valence-electron chi connectivity index (χ0n) is 26.4. The van der Waals surface area contributed by atoms with E-state index in [2.05, 4.69) is 27.1 Å². The number of carbonyl (C=O) groups excluding carboxylic acids is 1. The number of halogens is 1. The number of pyridine rings is 1. The van der Waals surface area contributed by atoms with Gasteiger partial charge < -0.3 is 29.7 Å². The number of rotatable bonds is 11. The van der Waals surface area contributed by atoms with Crippen LogP contribution in [-0.4, -0.2) is 89.9 Å². The van der Waals surface area contributed by atoms with E-state index in [1.54, 1.807) is 12.3 Å². The SMILES string of the molecule is C=CC(=O)Nc1cc(Nc2ncc(Cl)c(-c3cn(C)c4ccccc34)n2)c(OC(C)C)nc1N(C)CCN(C)C.CS(=O)(=O)O. The van der Waals surface area contributed by atoms with Crippen molar-refractivity contribution in [1.29, 1.82) is 0 Å². The van der Waals surface area contributed by atoms with Gasteiger partial charge in [0.2, 0.25) is 17.7 Å². The Bertz CT molecular complexity index is 1770. The van der Waals surface area contributed by atoms with Crippen LogP contribution in [0.25, 0.3) is 22.2 Å². The summed E-state index contributed by atoms with van der Waals surface area (Å²) in [7, 11) is 4.24. The third-order valence-electron chi connectivity index (χ3n) is 6.14. The van der Waals surface area contributed by atoms with Gasteiger partial charge >= 0.3 is 0 Å². The zero-order valence-corrected chi connectivity index (χ0v) is 27.9. The second kappa shape index (κ2) is 15.2. The summed E-state index contributed by atoms with van der Waals surface area (Å²) in [5, 5.41) is 7.56. The number of anilines is 4. The van der Waals surface area contributed by atoms with E-state index in [0.717, 1.165) is 23.0 Å². The summed E-state index contributed by atoms with van der Waals surface area (Å²) < 4.78 is 34.0. The van der Waals surface area contributed by atoms with Gasteiger partial charge in [-0.25, -0.2) is 9.97 Å². The Morgan fingerprint density at radius 1 is 1.18 bits per heavy atom. The summed E-state index contributed by atoms with van der Waals surface area (Å²) >= 11 is 6.58. The Balaban J connectivity index is 0.00000102. The summed E-state index contributed by atoms with van der Waals surface area (Å²) in [4.78, 5) is 30.4. The highest BCUT2D eigenvalue weighted by Crippen LogP contribution is 2.37. The van der Waals surface area contributed by atoms with Crippen molar-refractivity contribution in [3.8, 4) is 17.1 Å². The van der Waals surface area contributed by atoms with Gasteiger partial charge in [-0.3, -0.25) is 9.35 Å². The van der Waals surface area contributed by atoms with Crippen LogP contribution in [0.4, 0.5) is 23.1 Å². The number of hydrogen-bond acceptors (Lipinski definition) is 10. The fourth-order valence-electron chi connectivity index (χ4n) is 4.18. The number of fused-ring (bicyclic) bond motifs is 1. The van der Waals surface area contributed by atoms with Crippen LogP contribution in [0.2, 0.25) is 5.02 Å². The van der Waals surface area contributed by atoms with E-state index in [0.29, 0.717) is 52.5 Å². The number of benzene rings is 1. The van der Waals surface area contributed by atoms with Crippen molar-refractivity contribution in [3.63, 3.8) is 0 Å². The van der Waals surface area contributed by atoms with Gasteiger partial charge in [-0.05, 0) is 46.2 Å². The predicted octanol–water partition coefficient (Wildman–Crippen LogP) is 4.84. The lowest BCUT2D eigenvalue weighted by Gasteiger charge is -2.25. The quantitative estimate of drug-likeness (QED) is 0.150. The molecule has 0 aliphatic rings. The van der Waals surface area contributed by atoms with Crippen LogP contribution < -0.4 is 20.3 Å². The highest BCUT2D eigenvalue weighted by atomic mass is 35.5. The first-order chi connectivity index (χ1) is 21.1. The Labute approximate surface area is 268 Å². The van der Waals surface area contributed by atoms with Crippen molar-refractivity contribution < 1.29 is 22.5 Å². The van der Waals surface area contributed by atoms with Crippen molar-refractivity contribution in [2.75, 3.05) is 56.0 Å². The molecule has 3 N–H and O–H groups in total. The summed E-state index contributed by atoms with van der Waals surface area (Å²) in [6.45, 7) is 8.90. The predicted molar refractivity (Wildman–Crippen MR) is 180 cm³/mol. The van der Waals surface area contributed by atoms with Gasteiger partial charge in [0, 0.05) is 49.8 Å². The van der Waals surface area contributed by atoms with Gasteiger partial charge in [0.15, 0.2) is 5.82 Å². The van der Waals surface area contributed by atoms with E-state index in [4.69, 9.17) is 30.9 Å². The van der Waals surface area contributed by atoms with Crippen molar-refractivity contribution >= 4 is 61.7 Å². The molecule has 13 nitrogen and oxygen atoms in total. The monoisotopic (exact) mass is 658 g/mol. The summed E-state index contributed by atoms with van der Waals surface area (Å²) in [5.41, 5.74) is 3.53. The molecule has 15 heteroatoms. The molecule has 0 saturated heterocycles. The summed E-state index contributed by atoms with van der Waals surface area (Å²) in [6.07, 6.45) is 5.34. The molecule has 4 rings (SSSR count). The molecule has 0 atom stereocenters. The first-order valence-electron chi connectivity index (χ1n) is 13.8. The first kappa shape index (κ1) is 35.2. The van der Waals surface area contributed by atoms with Gasteiger partial charge in [-0.1, -0.05) is 36.4 Å². The van der Waals surface area contributed by atoms with Gasteiger partial charge in [0.25, 0.3) is 10.1 Å². The van der Waals surface area contributed by atoms with Crippen molar-refractivity contribution in [2.45, 2.75) is 20.0 Å². The van der Waals surface area contributed by atoms with Crippen LogP contribution in [0.3, 0.4) is 0 Å². The second-order valence-electron chi connectivity index (χ2n) is 10.7. The second-order valence-corrected chi connectivity index (χ2v) is 12.6. The minimum absolute atomic E-state index is 0.154. The Hall–Kier alpha value is -4.24. The van der Waals surface area contributed by atoms with E-state index in [1.807, 2.05) is 82.0 Å². The van der Waals surface area contributed by atoms with Crippen LogP contribution in [0, 0.1) is 0 Å². The molecule has 4 aromatic rings. The largest absolute Gasteiger partial charge is 0.473 e. The van der Waals surface area contributed by atoms with Crippen LogP contribution in [-0.2, 0) is 22.0 Å². The number of aryl methyl sites for hydroxylation is 1.